The average molecular weight is 312 g/mol. The van der Waals surface area contributed by atoms with Gasteiger partial charge in [-0.15, -0.1) is 5.10 Å². The lowest BCUT2D eigenvalue weighted by molar-refractivity contribution is 0.551. The lowest BCUT2D eigenvalue weighted by atomic mass is 10.1. The Hall–Kier alpha value is -1.37. The van der Waals surface area contributed by atoms with E-state index >= 15 is 0 Å². The summed E-state index contributed by atoms with van der Waals surface area (Å²) < 4.78 is 1.31. The zero-order valence-electron chi connectivity index (χ0n) is 10.0. The van der Waals surface area contributed by atoms with Crippen LogP contribution in [0, 0.1) is 5.92 Å². The largest absolute Gasteiger partial charge is 0.364 e. The van der Waals surface area contributed by atoms with Crippen LogP contribution in [-0.2, 0) is 0 Å². The molecule has 2 aromatic rings. The van der Waals surface area contributed by atoms with Gasteiger partial charge in [0.05, 0.1) is 0 Å². The summed E-state index contributed by atoms with van der Waals surface area (Å²) in [6.45, 7) is 3.22. The smallest absolute Gasteiger partial charge is 0.351 e. The summed E-state index contributed by atoms with van der Waals surface area (Å²) in [6, 6.07) is 4.16. The van der Waals surface area contributed by atoms with E-state index in [4.69, 9.17) is 0 Å². The third-order valence-corrected chi connectivity index (χ3v) is 4.26. The predicted octanol–water partition coefficient (Wildman–Crippen LogP) is 1.03. The monoisotopic (exact) mass is 311 g/mol. The van der Waals surface area contributed by atoms with Crippen molar-refractivity contribution in [1.29, 1.82) is 0 Å². The van der Waals surface area contributed by atoms with E-state index in [-0.39, 0.29) is 5.69 Å². The topological polar surface area (TPSA) is 66.3 Å². The Kier molecular flexibility index (Phi) is 2.85. The first-order valence-electron chi connectivity index (χ1n) is 5.98. The van der Waals surface area contributed by atoms with Crippen LogP contribution in [0.25, 0.3) is 5.65 Å². The second-order valence-electron chi connectivity index (χ2n) is 4.67. The number of aromatic amines is 1. The van der Waals surface area contributed by atoms with Crippen LogP contribution in [0.15, 0.2) is 16.9 Å². The second-order valence-corrected chi connectivity index (χ2v) is 5.32. The van der Waals surface area contributed by atoms with Gasteiger partial charge in [0.2, 0.25) is 0 Å². The molecule has 96 valence electrons. The van der Waals surface area contributed by atoms with E-state index in [0.29, 0.717) is 17.6 Å². The molecule has 1 aliphatic heterocycles. The summed E-state index contributed by atoms with van der Waals surface area (Å²) in [5.41, 5.74) is 0.251. The minimum Gasteiger partial charge on any atom is -0.351 e. The van der Waals surface area contributed by atoms with Gasteiger partial charge in [-0.25, -0.2) is 9.89 Å². The highest BCUT2D eigenvalue weighted by Gasteiger charge is 2.31. The van der Waals surface area contributed by atoms with E-state index in [9.17, 15) is 4.79 Å². The first kappa shape index (κ1) is 11.7. The summed E-state index contributed by atoms with van der Waals surface area (Å²) in [4.78, 5) is 13.8. The van der Waals surface area contributed by atoms with Crippen molar-refractivity contribution in [3.63, 3.8) is 0 Å². The minimum absolute atomic E-state index is 0.297. The number of fused-ring (bicyclic) bond motifs is 1. The van der Waals surface area contributed by atoms with Crippen LogP contribution >= 0.6 is 15.9 Å². The van der Waals surface area contributed by atoms with Crippen molar-refractivity contribution < 1.29 is 0 Å². The van der Waals surface area contributed by atoms with Gasteiger partial charge < -0.3 is 4.90 Å². The molecule has 1 aliphatic rings. The van der Waals surface area contributed by atoms with Gasteiger partial charge in [0, 0.05) is 17.9 Å². The molecule has 2 aromatic heterocycles. The van der Waals surface area contributed by atoms with Crippen molar-refractivity contribution in [2.75, 3.05) is 16.8 Å². The molecule has 0 aromatic carbocycles. The molecule has 1 saturated heterocycles. The molecular weight excluding hydrogens is 298 g/mol. The number of aromatic nitrogens is 4. The highest BCUT2D eigenvalue weighted by atomic mass is 79.9. The van der Waals surface area contributed by atoms with Crippen LogP contribution in [-0.4, -0.2) is 37.7 Å². The van der Waals surface area contributed by atoms with Gasteiger partial charge in [0.25, 0.3) is 0 Å². The molecule has 2 unspecified atom stereocenters. The van der Waals surface area contributed by atoms with Crippen molar-refractivity contribution >= 4 is 27.4 Å². The van der Waals surface area contributed by atoms with Crippen LogP contribution in [0.4, 0.5) is 5.82 Å². The maximum atomic E-state index is 11.5. The number of nitrogens with zero attached hydrogens (tertiary/aromatic N) is 4. The number of rotatable bonds is 2. The lowest BCUT2D eigenvalue weighted by Crippen LogP contribution is -2.34. The van der Waals surface area contributed by atoms with Crippen molar-refractivity contribution in [3.8, 4) is 0 Å². The van der Waals surface area contributed by atoms with Gasteiger partial charge in [0.1, 0.15) is 5.82 Å². The van der Waals surface area contributed by atoms with Crippen molar-refractivity contribution in [2.45, 2.75) is 19.4 Å². The van der Waals surface area contributed by atoms with Crippen molar-refractivity contribution in [1.82, 2.24) is 19.8 Å². The summed E-state index contributed by atoms with van der Waals surface area (Å²) in [6.07, 6.45) is 1.15. The van der Waals surface area contributed by atoms with E-state index in [2.05, 4.69) is 43.0 Å². The van der Waals surface area contributed by atoms with Gasteiger partial charge in [-0.05, 0) is 24.5 Å². The summed E-state index contributed by atoms with van der Waals surface area (Å²) in [5, 5.41) is 11.5. The molecule has 7 heteroatoms. The molecule has 6 nitrogen and oxygen atoms in total. The third-order valence-electron chi connectivity index (χ3n) is 3.59. The molecule has 0 radical (unpaired) electrons. The number of anilines is 1. The number of nitrogens with one attached hydrogen (secondary N) is 1. The Morgan fingerprint density at radius 1 is 1.56 bits per heavy atom. The highest BCUT2D eigenvalue weighted by Crippen LogP contribution is 2.29. The predicted molar refractivity (Wildman–Crippen MR) is 72.3 cm³/mol. The number of H-pyrrole nitrogens is 1. The van der Waals surface area contributed by atoms with E-state index in [0.717, 1.165) is 24.1 Å². The Labute approximate surface area is 112 Å². The molecule has 3 heterocycles. The Morgan fingerprint density at radius 3 is 3.17 bits per heavy atom. The fourth-order valence-corrected chi connectivity index (χ4v) is 3.46. The van der Waals surface area contributed by atoms with Crippen LogP contribution in [0.2, 0.25) is 0 Å². The third kappa shape index (κ3) is 1.73. The standard InChI is InChI=1S/C11H14BrN5O/c1-7-4-5-16(8(7)6-12)10-3-2-9-13-14-11(18)17(9)15-10/h2-3,7-8H,4-6H2,1H3,(H,14,18). The molecule has 0 bridgehead atoms. The van der Waals surface area contributed by atoms with Gasteiger partial charge in [-0.2, -0.15) is 9.61 Å². The Balaban J connectivity index is 2.03. The molecule has 18 heavy (non-hydrogen) atoms. The van der Waals surface area contributed by atoms with Gasteiger partial charge >= 0.3 is 5.69 Å². The van der Waals surface area contributed by atoms with Gasteiger partial charge in [0.15, 0.2) is 5.65 Å². The molecular formula is C11H14BrN5O. The quantitative estimate of drug-likeness (QED) is 0.841. The van der Waals surface area contributed by atoms with Crippen LogP contribution in [0.5, 0.6) is 0 Å². The van der Waals surface area contributed by atoms with E-state index in [1.54, 1.807) is 0 Å². The van der Waals surface area contributed by atoms with Crippen LogP contribution in [0.3, 0.4) is 0 Å². The SMILES string of the molecule is CC1CCN(c2ccc3n[nH]c(=O)n3n2)C1CBr. The fourth-order valence-electron chi connectivity index (χ4n) is 2.47. The first-order chi connectivity index (χ1) is 8.70. The maximum Gasteiger partial charge on any atom is 0.364 e. The molecule has 1 N–H and O–H groups in total. The number of alkyl halides is 1. The van der Waals surface area contributed by atoms with E-state index in [1.807, 2.05) is 12.1 Å². The van der Waals surface area contributed by atoms with Crippen molar-refractivity contribution in [3.05, 3.63) is 22.6 Å². The van der Waals surface area contributed by atoms with E-state index < -0.39 is 0 Å². The zero-order valence-corrected chi connectivity index (χ0v) is 11.6. The summed E-state index contributed by atoms with van der Waals surface area (Å²) >= 11 is 3.55. The maximum absolute atomic E-state index is 11.5. The lowest BCUT2D eigenvalue weighted by Gasteiger charge is -2.25. The molecule has 0 saturated carbocycles. The average Bonchev–Trinajstić information content (AvgIpc) is 2.93. The Bertz CT molecular complexity index is 621. The number of halogens is 1. The van der Waals surface area contributed by atoms with Gasteiger partial charge in [-0.1, -0.05) is 22.9 Å². The number of hydrogen-bond acceptors (Lipinski definition) is 4. The molecule has 2 atom stereocenters. The fraction of sp³-hybridized carbons (Fsp3) is 0.545. The van der Waals surface area contributed by atoms with Crippen LogP contribution < -0.4 is 10.6 Å². The molecule has 3 rings (SSSR count). The Morgan fingerprint density at radius 2 is 2.39 bits per heavy atom. The van der Waals surface area contributed by atoms with Gasteiger partial charge in [-0.3, -0.25) is 0 Å². The second kappa shape index (κ2) is 4.38. The zero-order chi connectivity index (χ0) is 12.7. The summed E-state index contributed by atoms with van der Waals surface area (Å²) in [7, 11) is 0. The first-order valence-corrected chi connectivity index (χ1v) is 7.10. The summed E-state index contributed by atoms with van der Waals surface area (Å²) in [5.74, 6) is 1.46. The molecule has 1 fully saturated rings. The van der Waals surface area contributed by atoms with Crippen LogP contribution in [0.1, 0.15) is 13.3 Å². The number of hydrogen-bond donors (Lipinski definition) is 1. The van der Waals surface area contributed by atoms with E-state index in [1.165, 1.54) is 4.52 Å². The minimum atomic E-state index is -0.297. The highest BCUT2D eigenvalue weighted by molar-refractivity contribution is 9.09. The molecule has 0 spiro atoms. The molecule has 0 amide bonds. The molecule has 0 aliphatic carbocycles. The normalized spacial score (nSPS) is 24.0. The van der Waals surface area contributed by atoms with Crippen molar-refractivity contribution in [2.24, 2.45) is 5.92 Å².